The van der Waals surface area contributed by atoms with E-state index in [1.807, 2.05) is 0 Å². The first-order chi connectivity index (χ1) is 8.93. The van der Waals surface area contributed by atoms with Gasteiger partial charge in [-0.1, -0.05) is 5.92 Å². The van der Waals surface area contributed by atoms with E-state index in [-0.39, 0.29) is 6.42 Å². The van der Waals surface area contributed by atoms with Gasteiger partial charge in [0.15, 0.2) is 17.2 Å². The Labute approximate surface area is 107 Å². The zero-order chi connectivity index (χ0) is 14.2. The lowest BCUT2D eigenvalue weighted by atomic mass is 9.99. The minimum atomic E-state index is -1.61. The summed E-state index contributed by atoms with van der Waals surface area (Å²) in [5.74, 6) is 0.734. The quantitative estimate of drug-likeness (QED) is 0.570. The van der Waals surface area contributed by atoms with Crippen LogP contribution in [0.4, 0.5) is 10.2 Å². The van der Waals surface area contributed by atoms with Crippen LogP contribution >= 0.6 is 0 Å². The van der Waals surface area contributed by atoms with Crippen LogP contribution in [0, 0.1) is 18.2 Å². The molecule has 0 spiro atoms. The van der Waals surface area contributed by atoms with Gasteiger partial charge in [0.1, 0.15) is 12.3 Å². The molecule has 4 N–H and O–H groups in total. The molecule has 0 radical (unpaired) electrons. The Morgan fingerprint density at radius 1 is 1.79 bits per heavy atom. The number of halogens is 1. The summed E-state index contributed by atoms with van der Waals surface area (Å²) in [4.78, 5) is 14.9. The fourth-order valence-corrected chi connectivity index (χ4v) is 1.90. The molecular weight excluding hydrogens is 257 g/mol. The van der Waals surface area contributed by atoms with Gasteiger partial charge in [0.2, 0.25) is 0 Å². The van der Waals surface area contributed by atoms with Crippen LogP contribution in [0.15, 0.2) is 11.0 Å². The standard InChI is InChI=1S/C11H12FN3O4/c1-2-11(5-16)7(17)3-8(19-11)15-4-6(12)9(13)14-10(15)18/h1,4,7-8,16-17H,3,5H2,(H2,13,14,18)/t7-,8-,11+/m0/s1. The number of rotatable bonds is 2. The number of nitrogens with two attached hydrogens (primary N) is 1. The van der Waals surface area contributed by atoms with E-state index < -0.39 is 41.9 Å². The Morgan fingerprint density at radius 2 is 2.47 bits per heavy atom. The maximum absolute atomic E-state index is 13.3. The van der Waals surface area contributed by atoms with Crippen molar-refractivity contribution in [2.75, 3.05) is 12.3 Å². The Hall–Kier alpha value is -1.95. The third-order valence-corrected chi connectivity index (χ3v) is 3.03. The number of hydrogen-bond acceptors (Lipinski definition) is 6. The van der Waals surface area contributed by atoms with Gasteiger partial charge in [0, 0.05) is 6.42 Å². The van der Waals surface area contributed by atoms with E-state index in [0.29, 0.717) is 0 Å². The average Bonchev–Trinajstić information content (AvgIpc) is 2.71. The molecule has 1 aliphatic rings. The van der Waals surface area contributed by atoms with Gasteiger partial charge in [-0.05, 0) is 0 Å². The number of aliphatic hydroxyl groups excluding tert-OH is 2. The van der Waals surface area contributed by atoms with Gasteiger partial charge in [-0.15, -0.1) is 6.42 Å². The minimum Gasteiger partial charge on any atom is -0.392 e. The van der Waals surface area contributed by atoms with Crippen LogP contribution in [0.1, 0.15) is 12.6 Å². The van der Waals surface area contributed by atoms with Crippen molar-refractivity contribution >= 4 is 5.82 Å². The molecular formula is C11H12FN3O4. The highest BCUT2D eigenvalue weighted by atomic mass is 19.1. The largest absolute Gasteiger partial charge is 0.392 e. The fraction of sp³-hybridized carbons (Fsp3) is 0.455. The van der Waals surface area contributed by atoms with Gasteiger partial charge in [0.25, 0.3) is 0 Å². The lowest BCUT2D eigenvalue weighted by Crippen LogP contribution is -2.41. The van der Waals surface area contributed by atoms with Crippen molar-refractivity contribution in [3.8, 4) is 12.3 Å². The highest BCUT2D eigenvalue weighted by Crippen LogP contribution is 2.35. The third kappa shape index (κ3) is 2.08. The Kier molecular flexibility index (Phi) is 3.28. The van der Waals surface area contributed by atoms with Crippen molar-refractivity contribution in [2.24, 2.45) is 0 Å². The molecule has 0 unspecified atom stereocenters. The molecule has 0 amide bonds. The van der Waals surface area contributed by atoms with Gasteiger partial charge in [-0.2, -0.15) is 4.98 Å². The van der Waals surface area contributed by atoms with Crippen molar-refractivity contribution in [3.63, 3.8) is 0 Å². The third-order valence-electron chi connectivity index (χ3n) is 3.03. The summed E-state index contributed by atoms with van der Waals surface area (Å²) in [6.45, 7) is -0.624. The van der Waals surface area contributed by atoms with Gasteiger partial charge in [-0.25, -0.2) is 9.18 Å². The Morgan fingerprint density at radius 3 is 3.00 bits per heavy atom. The van der Waals surface area contributed by atoms with Gasteiger partial charge >= 0.3 is 5.69 Å². The average molecular weight is 269 g/mol. The van der Waals surface area contributed by atoms with Crippen molar-refractivity contribution < 1.29 is 19.3 Å². The van der Waals surface area contributed by atoms with E-state index in [9.17, 15) is 19.4 Å². The first-order valence-electron chi connectivity index (χ1n) is 5.42. The molecule has 1 aromatic heterocycles. The van der Waals surface area contributed by atoms with Crippen LogP contribution < -0.4 is 11.4 Å². The maximum Gasteiger partial charge on any atom is 0.351 e. The second-order valence-corrected chi connectivity index (χ2v) is 4.18. The number of aromatic nitrogens is 2. The fourth-order valence-electron chi connectivity index (χ4n) is 1.90. The molecule has 1 fully saturated rings. The van der Waals surface area contributed by atoms with E-state index in [1.165, 1.54) is 0 Å². The molecule has 7 nitrogen and oxygen atoms in total. The summed E-state index contributed by atoms with van der Waals surface area (Å²) in [6, 6.07) is 0. The monoisotopic (exact) mass is 269 g/mol. The number of terminal acetylenes is 1. The lowest BCUT2D eigenvalue weighted by Gasteiger charge is -2.23. The normalized spacial score (nSPS) is 30.2. The van der Waals surface area contributed by atoms with Crippen molar-refractivity contribution in [1.82, 2.24) is 9.55 Å². The predicted molar refractivity (Wildman–Crippen MR) is 62.3 cm³/mol. The number of hydrogen-bond donors (Lipinski definition) is 3. The highest BCUT2D eigenvalue weighted by molar-refractivity contribution is 5.26. The highest BCUT2D eigenvalue weighted by Gasteiger charge is 2.47. The Bertz CT molecular complexity index is 597. The molecule has 2 heterocycles. The van der Waals surface area contributed by atoms with E-state index in [4.69, 9.17) is 16.9 Å². The molecule has 1 saturated heterocycles. The molecule has 1 aromatic rings. The SMILES string of the molecule is C#C[C@]1(CO)O[C@H](n2cc(F)c(N)nc2=O)C[C@@H]1O. The molecule has 8 heteroatoms. The number of nitrogens with zero attached hydrogens (tertiary/aromatic N) is 2. The van der Waals surface area contributed by atoms with Crippen molar-refractivity contribution in [1.29, 1.82) is 0 Å². The molecule has 0 bridgehead atoms. The van der Waals surface area contributed by atoms with E-state index >= 15 is 0 Å². The van der Waals surface area contributed by atoms with Crippen LogP contribution in [0.5, 0.6) is 0 Å². The Balaban J connectivity index is 2.39. The second-order valence-electron chi connectivity index (χ2n) is 4.18. The van der Waals surface area contributed by atoms with Crippen LogP contribution in [-0.2, 0) is 4.74 Å². The van der Waals surface area contributed by atoms with Crippen LogP contribution in [-0.4, -0.2) is 38.1 Å². The van der Waals surface area contributed by atoms with E-state index in [1.54, 1.807) is 0 Å². The summed E-state index contributed by atoms with van der Waals surface area (Å²) >= 11 is 0. The van der Waals surface area contributed by atoms with Crippen molar-refractivity contribution in [2.45, 2.75) is 24.4 Å². The number of nitrogen functional groups attached to an aromatic ring is 1. The van der Waals surface area contributed by atoms with Crippen LogP contribution in [0.25, 0.3) is 0 Å². The molecule has 1 aliphatic heterocycles. The van der Waals surface area contributed by atoms with Gasteiger partial charge in [-0.3, -0.25) is 4.57 Å². The molecule has 0 aromatic carbocycles. The zero-order valence-electron chi connectivity index (χ0n) is 9.78. The predicted octanol–water partition coefficient (Wildman–Crippen LogP) is -1.39. The first kappa shape index (κ1) is 13.5. The summed E-state index contributed by atoms with van der Waals surface area (Å²) in [5.41, 5.74) is 2.72. The molecule has 3 atom stereocenters. The number of anilines is 1. The lowest BCUT2D eigenvalue weighted by molar-refractivity contribution is -0.0914. The van der Waals surface area contributed by atoms with Crippen LogP contribution in [0.3, 0.4) is 0 Å². The first-order valence-corrected chi connectivity index (χ1v) is 5.42. The summed E-state index contributed by atoms with van der Waals surface area (Å²) in [5, 5.41) is 19.0. The molecule has 2 rings (SSSR count). The summed E-state index contributed by atoms with van der Waals surface area (Å²) < 4.78 is 19.4. The topological polar surface area (TPSA) is 111 Å². The smallest absolute Gasteiger partial charge is 0.351 e. The maximum atomic E-state index is 13.3. The van der Waals surface area contributed by atoms with Crippen LogP contribution in [0.2, 0.25) is 0 Å². The summed E-state index contributed by atoms with van der Waals surface area (Å²) in [6.07, 6.45) is 3.76. The number of aliphatic hydroxyl groups is 2. The molecule has 0 aliphatic carbocycles. The van der Waals surface area contributed by atoms with Gasteiger partial charge in [0.05, 0.1) is 12.8 Å². The zero-order valence-corrected chi connectivity index (χ0v) is 9.78. The van der Waals surface area contributed by atoms with Crippen molar-refractivity contribution in [3.05, 3.63) is 22.5 Å². The second kappa shape index (κ2) is 4.62. The minimum absolute atomic E-state index is 0.0737. The molecule has 102 valence electrons. The van der Waals surface area contributed by atoms with E-state index in [0.717, 1.165) is 10.8 Å². The molecule has 0 saturated carbocycles. The van der Waals surface area contributed by atoms with E-state index in [2.05, 4.69) is 10.9 Å². The van der Waals surface area contributed by atoms with Gasteiger partial charge < -0.3 is 20.7 Å². The molecule has 19 heavy (non-hydrogen) atoms. The summed E-state index contributed by atoms with van der Waals surface area (Å²) in [7, 11) is 0. The number of ether oxygens (including phenoxy) is 1.